The van der Waals surface area contributed by atoms with Crippen LogP contribution < -0.4 is 0 Å². The molecule has 1 atom stereocenters. The Bertz CT molecular complexity index is 201. The lowest BCUT2D eigenvalue weighted by molar-refractivity contribution is -0.143. The third-order valence-electron chi connectivity index (χ3n) is 2.84. The molecule has 3 heteroatoms. The Hall–Kier alpha value is -0.570. The van der Waals surface area contributed by atoms with Crippen molar-refractivity contribution in [3.8, 4) is 0 Å². The Kier molecular flexibility index (Phi) is 2.96. The molecule has 0 bridgehead atoms. The highest BCUT2D eigenvalue weighted by molar-refractivity contribution is 5.72. The van der Waals surface area contributed by atoms with E-state index < -0.39 is 5.97 Å². The largest absolute Gasteiger partial charge is 0.480 e. The number of likely N-dealkylation sites (tertiary alicyclic amines) is 1. The molecule has 76 valence electrons. The van der Waals surface area contributed by atoms with Crippen molar-refractivity contribution >= 4 is 5.97 Å². The second-order valence-electron chi connectivity index (χ2n) is 4.75. The van der Waals surface area contributed by atoms with Crippen LogP contribution in [0.15, 0.2) is 0 Å². The van der Waals surface area contributed by atoms with Gasteiger partial charge in [0, 0.05) is 6.54 Å². The molecule has 1 rings (SSSR count). The highest BCUT2D eigenvalue weighted by Gasteiger charge is 2.31. The molecule has 1 heterocycles. The van der Waals surface area contributed by atoms with E-state index in [1.54, 1.807) is 6.92 Å². The minimum absolute atomic E-state index is 0.280. The number of rotatable bonds is 2. The van der Waals surface area contributed by atoms with Crippen molar-refractivity contribution < 1.29 is 9.90 Å². The summed E-state index contributed by atoms with van der Waals surface area (Å²) in [6, 6.07) is -0.334. The first-order valence-corrected chi connectivity index (χ1v) is 4.89. The smallest absolute Gasteiger partial charge is 0.320 e. The van der Waals surface area contributed by atoms with Crippen LogP contribution >= 0.6 is 0 Å². The molecule has 1 unspecified atom stereocenters. The van der Waals surface area contributed by atoms with E-state index in [-0.39, 0.29) is 11.5 Å². The molecule has 13 heavy (non-hydrogen) atoms. The molecule has 1 fully saturated rings. The minimum Gasteiger partial charge on any atom is -0.480 e. The highest BCUT2D eigenvalue weighted by atomic mass is 16.4. The maximum Gasteiger partial charge on any atom is 0.320 e. The summed E-state index contributed by atoms with van der Waals surface area (Å²) in [5.41, 5.74) is 0.280. The van der Waals surface area contributed by atoms with Crippen LogP contribution in [0, 0.1) is 5.41 Å². The summed E-state index contributed by atoms with van der Waals surface area (Å²) in [6.07, 6.45) is 2.32. The molecule has 1 N–H and O–H groups in total. The van der Waals surface area contributed by atoms with Gasteiger partial charge in [0.1, 0.15) is 6.04 Å². The van der Waals surface area contributed by atoms with E-state index in [1.807, 2.05) is 0 Å². The van der Waals surface area contributed by atoms with Crippen molar-refractivity contribution in [1.82, 2.24) is 4.90 Å². The van der Waals surface area contributed by atoms with Gasteiger partial charge in [0.15, 0.2) is 0 Å². The summed E-state index contributed by atoms with van der Waals surface area (Å²) in [7, 11) is 0. The van der Waals surface area contributed by atoms with E-state index in [9.17, 15) is 4.79 Å². The van der Waals surface area contributed by atoms with Gasteiger partial charge in [-0.05, 0) is 31.7 Å². The van der Waals surface area contributed by atoms with E-state index in [1.165, 1.54) is 6.42 Å². The number of hydrogen-bond acceptors (Lipinski definition) is 2. The predicted molar refractivity (Wildman–Crippen MR) is 51.7 cm³/mol. The topological polar surface area (TPSA) is 40.5 Å². The van der Waals surface area contributed by atoms with Gasteiger partial charge in [-0.1, -0.05) is 13.8 Å². The summed E-state index contributed by atoms with van der Waals surface area (Å²) in [5, 5.41) is 8.86. The van der Waals surface area contributed by atoms with E-state index >= 15 is 0 Å². The number of nitrogens with zero attached hydrogens (tertiary/aromatic N) is 1. The Labute approximate surface area is 79.7 Å². The van der Waals surface area contributed by atoms with Gasteiger partial charge in [0.25, 0.3) is 0 Å². The van der Waals surface area contributed by atoms with Crippen molar-refractivity contribution in [1.29, 1.82) is 0 Å². The average molecular weight is 185 g/mol. The first-order valence-electron chi connectivity index (χ1n) is 4.89. The number of carbonyl (C=O) groups is 1. The van der Waals surface area contributed by atoms with Crippen LogP contribution in [0.4, 0.5) is 0 Å². The Morgan fingerprint density at radius 1 is 1.54 bits per heavy atom. The lowest BCUT2D eigenvalue weighted by atomic mass is 9.83. The van der Waals surface area contributed by atoms with E-state index in [2.05, 4.69) is 18.7 Å². The zero-order valence-corrected chi connectivity index (χ0v) is 8.71. The fraction of sp³-hybridized carbons (Fsp3) is 0.900. The number of carboxylic acid groups (broad SMARTS) is 1. The zero-order valence-electron chi connectivity index (χ0n) is 8.71. The molecule has 0 saturated carbocycles. The SMILES string of the molecule is CC(C(=O)O)N1CCCC(C)(C)C1. The number of aliphatic carboxylic acids is 1. The molecule has 0 amide bonds. The van der Waals surface area contributed by atoms with Gasteiger partial charge in [-0.2, -0.15) is 0 Å². The van der Waals surface area contributed by atoms with Gasteiger partial charge in [-0.3, -0.25) is 9.69 Å². The number of piperidine rings is 1. The maximum atomic E-state index is 10.8. The van der Waals surface area contributed by atoms with Crippen molar-refractivity contribution in [3.63, 3.8) is 0 Å². The van der Waals surface area contributed by atoms with Crippen molar-refractivity contribution in [2.45, 2.75) is 39.7 Å². The summed E-state index contributed by atoms with van der Waals surface area (Å²) in [5.74, 6) is -0.710. The Morgan fingerprint density at radius 3 is 2.62 bits per heavy atom. The zero-order chi connectivity index (χ0) is 10.1. The summed E-state index contributed by atoms with van der Waals surface area (Å²) < 4.78 is 0. The number of carboxylic acids is 1. The molecular formula is C10H19NO2. The van der Waals surface area contributed by atoms with Crippen LogP contribution in [0.25, 0.3) is 0 Å². The van der Waals surface area contributed by atoms with E-state index in [0.29, 0.717) is 0 Å². The minimum atomic E-state index is -0.710. The molecule has 1 aliphatic heterocycles. The molecule has 0 aromatic heterocycles. The molecule has 3 nitrogen and oxygen atoms in total. The second-order valence-corrected chi connectivity index (χ2v) is 4.75. The van der Waals surface area contributed by atoms with Crippen molar-refractivity contribution in [2.75, 3.05) is 13.1 Å². The van der Waals surface area contributed by atoms with Crippen LogP contribution in [0.1, 0.15) is 33.6 Å². The van der Waals surface area contributed by atoms with Gasteiger partial charge in [0.2, 0.25) is 0 Å². The molecule has 0 aliphatic carbocycles. The molecule has 1 aliphatic rings. The number of hydrogen-bond donors (Lipinski definition) is 1. The molecular weight excluding hydrogens is 166 g/mol. The van der Waals surface area contributed by atoms with Crippen LogP contribution in [-0.2, 0) is 4.79 Å². The third kappa shape index (κ3) is 2.69. The van der Waals surface area contributed by atoms with Crippen LogP contribution in [0.2, 0.25) is 0 Å². The fourth-order valence-electron chi connectivity index (χ4n) is 1.96. The average Bonchev–Trinajstić information content (AvgIpc) is 2.01. The van der Waals surface area contributed by atoms with Gasteiger partial charge >= 0.3 is 5.97 Å². The van der Waals surface area contributed by atoms with Gasteiger partial charge < -0.3 is 5.11 Å². The van der Waals surface area contributed by atoms with Crippen LogP contribution in [0.3, 0.4) is 0 Å². The first-order chi connectivity index (χ1) is 5.92. The molecule has 0 aromatic carbocycles. The summed E-state index contributed by atoms with van der Waals surface area (Å²) in [6.45, 7) is 8.00. The van der Waals surface area contributed by atoms with E-state index in [0.717, 1.165) is 19.5 Å². The van der Waals surface area contributed by atoms with Crippen molar-refractivity contribution in [3.05, 3.63) is 0 Å². The summed E-state index contributed by atoms with van der Waals surface area (Å²) in [4.78, 5) is 12.8. The van der Waals surface area contributed by atoms with Crippen molar-refractivity contribution in [2.24, 2.45) is 5.41 Å². The maximum absolute atomic E-state index is 10.8. The second kappa shape index (κ2) is 3.66. The lowest BCUT2D eigenvalue weighted by Crippen LogP contribution is -2.47. The molecule has 1 saturated heterocycles. The predicted octanol–water partition coefficient (Wildman–Crippen LogP) is 1.58. The third-order valence-corrected chi connectivity index (χ3v) is 2.84. The summed E-state index contributed by atoms with van der Waals surface area (Å²) >= 11 is 0. The molecule has 0 spiro atoms. The van der Waals surface area contributed by atoms with E-state index in [4.69, 9.17) is 5.11 Å². The monoisotopic (exact) mass is 185 g/mol. The highest BCUT2D eigenvalue weighted by Crippen LogP contribution is 2.29. The fourth-order valence-corrected chi connectivity index (χ4v) is 1.96. The van der Waals surface area contributed by atoms with Gasteiger partial charge in [-0.15, -0.1) is 0 Å². The normalized spacial score (nSPS) is 25.5. The quantitative estimate of drug-likeness (QED) is 0.710. The van der Waals surface area contributed by atoms with Crippen LogP contribution in [0.5, 0.6) is 0 Å². The Morgan fingerprint density at radius 2 is 2.15 bits per heavy atom. The van der Waals surface area contributed by atoms with Gasteiger partial charge in [-0.25, -0.2) is 0 Å². The van der Waals surface area contributed by atoms with Crippen LogP contribution in [-0.4, -0.2) is 35.1 Å². The molecule has 0 aromatic rings. The lowest BCUT2D eigenvalue weighted by Gasteiger charge is -2.39. The van der Waals surface area contributed by atoms with Gasteiger partial charge in [0.05, 0.1) is 0 Å². The molecule has 0 radical (unpaired) electrons. The first kappa shape index (κ1) is 10.5. The Balaban J connectivity index is 2.56. The standard InChI is InChI=1S/C10H19NO2/c1-8(9(12)13)11-6-4-5-10(2,3)7-11/h8H,4-7H2,1-3H3,(H,12,13).